The van der Waals surface area contributed by atoms with Gasteiger partial charge in [0.15, 0.2) is 0 Å². The molecule has 146 valence electrons. The van der Waals surface area contributed by atoms with E-state index in [1.54, 1.807) is 24.3 Å². The summed E-state index contributed by atoms with van der Waals surface area (Å²) in [7, 11) is 0. The van der Waals surface area contributed by atoms with Crippen molar-refractivity contribution in [3.8, 4) is 0 Å². The fourth-order valence-electron chi connectivity index (χ4n) is 3.31. The van der Waals surface area contributed by atoms with Crippen molar-refractivity contribution in [2.45, 2.75) is 51.6 Å². The molecule has 1 saturated carbocycles. The minimum atomic E-state index is -0.563. The van der Waals surface area contributed by atoms with Gasteiger partial charge in [-0.15, -0.1) is 12.4 Å². The van der Waals surface area contributed by atoms with E-state index < -0.39 is 6.04 Å². The van der Waals surface area contributed by atoms with Gasteiger partial charge in [-0.25, -0.2) is 0 Å². The summed E-state index contributed by atoms with van der Waals surface area (Å²) >= 11 is 5.86. The number of nitrogens with one attached hydrogen (secondary N) is 2. The molecule has 2 rings (SSSR count). The van der Waals surface area contributed by atoms with Crippen LogP contribution in [0.2, 0.25) is 5.02 Å². The molecule has 1 fully saturated rings. The van der Waals surface area contributed by atoms with Crippen LogP contribution in [-0.2, 0) is 4.79 Å². The number of halogens is 2. The van der Waals surface area contributed by atoms with Gasteiger partial charge in [-0.1, -0.05) is 38.3 Å². The van der Waals surface area contributed by atoms with Gasteiger partial charge in [0.2, 0.25) is 5.91 Å². The lowest BCUT2D eigenvalue weighted by Gasteiger charge is -2.27. The molecule has 4 N–H and O–H groups in total. The van der Waals surface area contributed by atoms with Gasteiger partial charge in [0.25, 0.3) is 5.91 Å². The van der Waals surface area contributed by atoms with Gasteiger partial charge >= 0.3 is 0 Å². The Kier molecular flexibility index (Phi) is 9.41. The second-order valence-electron chi connectivity index (χ2n) is 6.89. The monoisotopic (exact) mass is 401 g/mol. The molecule has 4 atom stereocenters. The van der Waals surface area contributed by atoms with Crippen LogP contribution in [0.5, 0.6) is 0 Å². The molecule has 0 saturated heterocycles. The molecule has 0 aliphatic heterocycles. The molecule has 2 amide bonds. The summed E-state index contributed by atoms with van der Waals surface area (Å²) in [6.45, 7) is 4.56. The Labute approximate surface area is 166 Å². The predicted molar refractivity (Wildman–Crippen MR) is 108 cm³/mol. The van der Waals surface area contributed by atoms with Gasteiger partial charge in [-0.2, -0.15) is 0 Å². The summed E-state index contributed by atoms with van der Waals surface area (Å²) in [4.78, 5) is 25.3. The zero-order valence-electron chi connectivity index (χ0n) is 15.3. The largest absolute Gasteiger partial charge is 0.351 e. The lowest BCUT2D eigenvalue weighted by atomic mass is 9.96. The highest BCUT2D eigenvalue weighted by Crippen LogP contribution is 2.25. The Morgan fingerprint density at radius 2 is 1.92 bits per heavy atom. The minimum absolute atomic E-state index is 0. The smallest absolute Gasteiger partial charge is 0.251 e. The van der Waals surface area contributed by atoms with Crippen LogP contribution in [0.25, 0.3) is 0 Å². The number of carbonyl (C=O) groups excluding carboxylic acids is 2. The highest BCUT2D eigenvalue weighted by Gasteiger charge is 2.32. The summed E-state index contributed by atoms with van der Waals surface area (Å²) in [5.41, 5.74) is 6.29. The van der Waals surface area contributed by atoms with E-state index in [0.29, 0.717) is 23.0 Å². The first-order chi connectivity index (χ1) is 12.0. The van der Waals surface area contributed by atoms with E-state index in [-0.39, 0.29) is 36.2 Å². The summed E-state index contributed by atoms with van der Waals surface area (Å²) in [5.74, 6) is -0.0246. The quantitative estimate of drug-likeness (QED) is 0.655. The van der Waals surface area contributed by atoms with Crippen LogP contribution < -0.4 is 16.4 Å². The molecule has 0 bridgehead atoms. The van der Waals surface area contributed by atoms with Gasteiger partial charge < -0.3 is 16.4 Å². The Bertz CT molecular complexity index is 595. The molecule has 1 aromatic carbocycles. The number of amides is 2. The van der Waals surface area contributed by atoms with E-state index in [1.165, 1.54) is 0 Å². The number of carbonyl (C=O) groups is 2. The van der Waals surface area contributed by atoms with E-state index in [1.807, 2.05) is 13.8 Å². The second kappa shape index (κ2) is 10.8. The number of rotatable bonds is 7. The van der Waals surface area contributed by atoms with Crippen molar-refractivity contribution >= 4 is 35.8 Å². The highest BCUT2D eigenvalue weighted by molar-refractivity contribution is 6.30. The van der Waals surface area contributed by atoms with Crippen LogP contribution in [0.4, 0.5) is 0 Å². The van der Waals surface area contributed by atoms with Gasteiger partial charge in [-0.3, -0.25) is 9.59 Å². The third-order valence-electron chi connectivity index (χ3n) is 5.18. The zero-order chi connectivity index (χ0) is 18.4. The Hall–Kier alpha value is -1.30. The SMILES string of the molecule is CCC(C)C(NC(=O)c1ccc(Cl)cc1)C(=O)NC1CCCC1CN.Cl. The van der Waals surface area contributed by atoms with Crippen molar-refractivity contribution in [3.63, 3.8) is 0 Å². The van der Waals surface area contributed by atoms with Gasteiger partial charge in [0, 0.05) is 16.6 Å². The Balaban J connectivity index is 0.00000338. The third kappa shape index (κ3) is 5.86. The maximum absolute atomic E-state index is 12.8. The van der Waals surface area contributed by atoms with Crippen molar-refractivity contribution in [2.75, 3.05) is 6.54 Å². The van der Waals surface area contributed by atoms with Crippen LogP contribution in [0, 0.1) is 11.8 Å². The standard InChI is InChI=1S/C19H28ClN3O2.ClH/c1-3-12(2)17(19(25)22-16-6-4-5-14(16)11-21)23-18(24)13-7-9-15(20)10-8-13;/h7-10,12,14,16-17H,3-6,11,21H2,1-2H3,(H,22,25)(H,23,24);1H. The van der Waals surface area contributed by atoms with Crippen LogP contribution >= 0.6 is 24.0 Å². The fraction of sp³-hybridized carbons (Fsp3) is 0.579. The molecular weight excluding hydrogens is 373 g/mol. The van der Waals surface area contributed by atoms with Gasteiger partial charge in [0.05, 0.1) is 0 Å². The first kappa shape index (κ1) is 22.7. The maximum Gasteiger partial charge on any atom is 0.251 e. The van der Waals surface area contributed by atoms with Crippen molar-refractivity contribution in [2.24, 2.45) is 17.6 Å². The molecule has 0 spiro atoms. The highest BCUT2D eigenvalue weighted by atomic mass is 35.5. The molecule has 0 heterocycles. The first-order valence-corrected chi connectivity index (χ1v) is 9.40. The van der Waals surface area contributed by atoms with Crippen molar-refractivity contribution in [1.29, 1.82) is 0 Å². The van der Waals surface area contributed by atoms with Crippen LogP contribution in [-0.4, -0.2) is 30.4 Å². The molecule has 1 aliphatic carbocycles. The molecule has 26 heavy (non-hydrogen) atoms. The summed E-state index contributed by atoms with van der Waals surface area (Å²) < 4.78 is 0. The summed E-state index contributed by atoms with van der Waals surface area (Å²) in [6.07, 6.45) is 3.88. The first-order valence-electron chi connectivity index (χ1n) is 9.03. The normalized spacial score (nSPS) is 21.4. The van der Waals surface area contributed by atoms with Crippen molar-refractivity contribution in [3.05, 3.63) is 34.9 Å². The third-order valence-corrected chi connectivity index (χ3v) is 5.43. The molecule has 0 radical (unpaired) electrons. The number of hydrogen-bond donors (Lipinski definition) is 3. The average molecular weight is 402 g/mol. The van der Waals surface area contributed by atoms with Crippen LogP contribution in [0.1, 0.15) is 49.9 Å². The Morgan fingerprint density at radius 1 is 1.27 bits per heavy atom. The molecule has 7 heteroatoms. The molecule has 4 unspecified atom stereocenters. The summed E-state index contributed by atoms with van der Waals surface area (Å²) in [6, 6.07) is 6.19. The fourth-order valence-corrected chi connectivity index (χ4v) is 3.44. The van der Waals surface area contributed by atoms with Crippen molar-refractivity contribution in [1.82, 2.24) is 10.6 Å². The van der Waals surface area contributed by atoms with E-state index in [4.69, 9.17) is 17.3 Å². The lowest BCUT2D eigenvalue weighted by molar-refractivity contribution is -0.125. The topological polar surface area (TPSA) is 84.2 Å². The molecule has 1 aliphatic rings. The van der Waals surface area contributed by atoms with E-state index in [2.05, 4.69) is 10.6 Å². The van der Waals surface area contributed by atoms with E-state index in [0.717, 1.165) is 25.7 Å². The summed E-state index contributed by atoms with van der Waals surface area (Å²) in [5, 5.41) is 6.56. The van der Waals surface area contributed by atoms with Crippen molar-refractivity contribution < 1.29 is 9.59 Å². The number of nitrogens with two attached hydrogens (primary N) is 1. The van der Waals surface area contributed by atoms with Gasteiger partial charge in [-0.05, 0) is 55.5 Å². The lowest BCUT2D eigenvalue weighted by Crippen LogP contribution is -2.53. The zero-order valence-corrected chi connectivity index (χ0v) is 16.9. The van der Waals surface area contributed by atoms with E-state index in [9.17, 15) is 9.59 Å². The van der Waals surface area contributed by atoms with Gasteiger partial charge in [0.1, 0.15) is 6.04 Å². The molecule has 1 aromatic rings. The second-order valence-corrected chi connectivity index (χ2v) is 7.32. The minimum Gasteiger partial charge on any atom is -0.351 e. The number of hydrogen-bond acceptors (Lipinski definition) is 3. The van der Waals surface area contributed by atoms with Crippen LogP contribution in [0.15, 0.2) is 24.3 Å². The molecule has 0 aromatic heterocycles. The predicted octanol–water partition coefficient (Wildman–Crippen LogP) is 3.15. The molecule has 5 nitrogen and oxygen atoms in total. The Morgan fingerprint density at radius 3 is 2.50 bits per heavy atom. The van der Waals surface area contributed by atoms with E-state index >= 15 is 0 Å². The van der Waals surface area contributed by atoms with Crippen LogP contribution in [0.3, 0.4) is 0 Å². The average Bonchev–Trinajstić information content (AvgIpc) is 3.06. The maximum atomic E-state index is 12.8. The number of benzene rings is 1. The molecular formula is C19H29Cl2N3O2.